The first kappa shape index (κ1) is 21.5. The third-order valence-electron chi connectivity index (χ3n) is 4.55. The number of halogens is 1. The molecule has 0 spiro atoms. The summed E-state index contributed by atoms with van der Waals surface area (Å²) in [6.07, 6.45) is 1.53. The van der Waals surface area contributed by atoms with E-state index in [0.717, 1.165) is 0 Å². The van der Waals surface area contributed by atoms with Crippen LogP contribution in [0, 0.1) is 5.82 Å². The van der Waals surface area contributed by atoms with Gasteiger partial charge in [-0.1, -0.05) is 18.2 Å². The van der Waals surface area contributed by atoms with E-state index in [-0.39, 0.29) is 30.2 Å². The van der Waals surface area contributed by atoms with Crippen molar-refractivity contribution in [3.63, 3.8) is 0 Å². The Morgan fingerprint density at radius 3 is 2.44 bits per heavy atom. The Morgan fingerprint density at radius 2 is 1.89 bits per heavy atom. The van der Waals surface area contributed by atoms with Gasteiger partial charge in [0.15, 0.2) is 0 Å². The Balaban J connectivity index is 2.51. The smallest absolute Gasteiger partial charge is 0.228 e. The molecule has 0 aliphatic carbocycles. The van der Waals surface area contributed by atoms with Crippen LogP contribution < -0.4 is 0 Å². The van der Waals surface area contributed by atoms with Gasteiger partial charge in [0.2, 0.25) is 15.0 Å². The number of aliphatic hydroxyl groups excluding tert-OH is 1. The molecule has 2 rings (SSSR count). The van der Waals surface area contributed by atoms with Gasteiger partial charge >= 0.3 is 0 Å². The number of rotatable bonds is 9. The van der Waals surface area contributed by atoms with Crippen LogP contribution in [0.3, 0.4) is 0 Å². The van der Waals surface area contributed by atoms with Gasteiger partial charge in [0.05, 0.1) is 30.3 Å². The fourth-order valence-corrected chi connectivity index (χ4v) is 3.89. The molecule has 150 valence electrons. The third kappa shape index (κ3) is 4.94. The van der Waals surface area contributed by atoms with Gasteiger partial charge < -0.3 is 9.67 Å². The van der Waals surface area contributed by atoms with Gasteiger partial charge in [-0.05, 0) is 33.8 Å². The fraction of sp³-hybridized carbons (Fsp3) is 0.526. The number of imidazole rings is 1. The summed E-state index contributed by atoms with van der Waals surface area (Å²) in [7, 11) is -3.63. The molecule has 8 heteroatoms. The molecular formula is C19H28FN3O3S. The molecule has 1 aromatic carbocycles. The van der Waals surface area contributed by atoms with E-state index in [1.165, 1.54) is 12.3 Å². The van der Waals surface area contributed by atoms with Gasteiger partial charge in [-0.25, -0.2) is 17.8 Å². The summed E-state index contributed by atoms with van der Waals surface area (Å²) in [5, 5.41) is 8.62. The lowest BCUT2D eigenvalue weighted by Gasteiger charge is -2.26. The summed E-state index contributed by atoms with van der Waals surface area (Å²) >= 11 is 0. The van der Waals surface area contributed by atoms with Gasteiger partial charge in [-0.2, -0.15) is 0 Å². The van der Waals surface area contributed by atoms with Crippen LogP contribution in [0.2, 0.25) is 0 Å². The van der Waals surface area contributed by atoms with Gasteiger partial charge in [-0.3, -0.25) is 4.90 Å². The average molecular weight is 398 g/mol. The van der Waals surface area contributed by atoms with Crippen LogP contribution >= 0.6 is 0 Å². The van der Waals surface area contributed by atoms with Crippen molar-refractivity contribution < 1.29 is 17.9 Å². The van der Waals surface area contributed by atoms with Crippen molar-refractivity contribution >= 4 is 9.84 Å². The molecule has 2 aromatic rings. The first-order valence-electron chi connectivity index (χ1n) is 9.05. The second-order valence-electron chi connectivity index (χ2n) is 7.09. The molecule has 0 aliphatic heterocycles. The van der Waals surface area contributed by atoms with Crippen molar-refractivity contribution in [3.05, 3.63) is 47.5 Å². The Labute approximate surface area is 160 Å². The lowest BCUT2D eigenvalue weighted by Crippen LogP contribution is -2.34. The monoisotopic (exact) mass is 397 g/mol. The minimum Gasteiger partial charge on any atom is -0.395 e. The van der Waals surface area contributed by atoms with Crippen molar-refractivity contribution in [1.82, 2.24) is 14.5 Å². The maximum atomic E-state index is 14.2. The molecule has 0 saturated carbocycles. The molecular weight excluding hydrogens is 369 g/mol. The Morgan fingerprint density at radius 1 is 1.22 bits per heavy atom. The zero-order chi connectivity index (χ0) is 20.2. The third-order valence-corrected chi connectivity index (χ3v) is 6.62. The lowest BCUT2D eigenvalue weighted by atomic mass is 10.2. The van der Waals surface area contributed by atoms with Crippen molar-refractivity contribution in [3.8, 4) is 0 Å². The normalized spacial score (nSPS) is 12.5. The summed E-state index contributed by atoms with van der Waals surface area (Å²) in [5.41, 5.74) is 1.06. The van der Waals surface area contributed by atoms with Crippen LogP contribution in [0.5, 0.6) is 0 Å². The van der Waals surface area contributed by atoms with Crippen LogP contribution in [0.4, 0.5) is 4.39 Å². The zero-order valence-corrected chi connectivity index (χ0v) is 17.1. The molecule has 0 unspecified atom stereocenters. The van der Waals surface area contributed by atoms with Gasteiger partial charge in [0.1, 0.15) is 5.82 Å². The minimum atomic E-state index is -3.63. The zero-order valence-electron chi connectivity index (χ0n) is 16.3. The Hall–Kier alpha value is -1.77. The van der Waals surface area contributed by atoms with E-state index in [1.807, 2.05) is 18.7 Å². The molecule has 0 saturated heterocycles. The highest BCUT2D eigenvalue weighted by atomic mass is 32.2. The van der Waals surface area contributed by atoms with Crippen molar-refractivity contribution in [2.75, 3.05) is 13.2 Å². The molecule has 0 radical (unpaired) electrons. The van der Waals surface area contributed by atoms with Crippen LogP contribution in [0.1, 0.15) is 39.0 Å². The molecule has 1 heterocycles. The van der Waals surface area contributed by atoms with Crippen molar-refractivity contribution in [2.45, 2.75) is 57.2 Å². The quantitative estimate of drug-likeness (QED) is 0.703. The van der Waals surface area contributed by atoms with E-state index in [0.29, 0.717) is 24.3 Å². The molecule has 0 fully saturated rings. The van der Waals surface area contributed by atoms with Gasteiger partial charge in [0, 0.05) is 24.7 Å². The number of nitrogens with zero attached hydrogens (tertiary/aromatic N) is 3. The largest absolute Gasteiger partial charge is 0.395 e. The van der Waals surface area contributed by atoms with Crippen LogP contribution in [-0.2, 0) is 22.9 Å². The summed E-state index contributed by atoms with van der Waals surface area (Å²) in [6, 6.07) is 6.46. The molecule has 0 aliphatic rings. The number of hydrogen-bond donors (Lipinski definition) is 1. The highest BCUT2D eigenvalue weighted by Crippen LogP contribution is 2.21. The highest BCUT2D eigenvalue weighted by molar-refractivity contribution is 7.91. The number of aromatic nitrogens is 2. The van der Waals surface area contributed by atoms with Gasteiger partial charge in [-0.15, -0.1) is 0 Å². The molecule has 1 aromatic heterocycles. The van der Waals surface area contributed by atoms with E-state index < -0.39 is 15.1 Å². The number of benzene rings is 1. The summed E-state index contributed by atoms with van der Waals surface area (Å²) < 4.78 is 41.3. The Kier molecular flexibility index (Phi) is 7.13. The Bertz CT molecular complexity index is 863. The lowest BCUT2D eigenvalue weighted by molar-refractivity contribution is 0.156. The van der Waals surface area contributed by atoms with Gasteiger partial charge in [0.25, 0.3) is 0 Å². The van der Waals surface area contributed by atoms with Crippen molar-refractivity contribution in [2.24, 2.45) is 0 Å². The fourth-order valence-electron chi connectivity index (χ4n) is 2.78. The van der Waals surface area contributed by atoms with E-state index in [4.69, 9.17) is 0 Å². The standard InChI is InChI=1S/C19H28FN3O3S/c1-14(2)22(9-10-24)13-17-11-21-19(27(25,26)15(3)4)23(17)12-16-7-5-6-8-18(16)20/h5-8,11,14-15,24H,9-10,12-13H2,1-4H3. The first-order valence-corrected chi connectivity index (χ1v) is 10.6. The van der Waals surface area contributed by atoms with E-state index >= 15 is 0 Å². The predicted octanol–water partition coefficient (Wildman–Crippen LogP) is 2.46. The maximum Gasteiger partial charge on any atom is 0.228 e. The summed E-state index contributed by atoms with van der Waals surface area (Å²) in [5.74, 6) is -0.388. The second-order valence-corrected chi connectivity index (χ2v) is 9.49. The minimum absolute atomic E-state index is 0.00319. The first-order chi connectivity index (χ1) is 12.7. The molecule has 27 heavy (non-hydrogen) atoms. The van der Waals surface area contributed by atoms with E-state index in [9.17, 15) is 17.9 Å². The number of hydrogen-bond acceptors (Lipinski definition) is 5. The number of aliphatic hydroxyl groups is 1. The van der Waals surface area contributed by atoms with E-state index in [1.54, 1.807) is 36.6 Å². The summed E-state index contributed by atoms with van der Waals surface area (Å²) in [4.78, 5) is 6.19. The van der Waals surface area contributed by atoms with Crippen LogP contribution in [0.15, 0.2) is 35.6 Å². The number of sulfone groups is 1. The van der Waals surface area contributed by atoms with Crippen molar-refractivity contribution in [1.29, 1.82) is 0 Å². The predicted molar refractivity (Wildman–Crippen MR) is 103 cm³/mol. The maximum absolute atomic E-state index is 14.2. The SMILES string of the molecule is CC(C)N(CCO)Cc1cnc(S(=O)(=O)C(C)C)n1Cc1ccccc1F. The molecule has 0 atom stereocenters. The van der Waals surface area contributed by atoms with E-state index in [2.05, 4.69) is 4.98 Å². The molecule has 0 bridgehead atoms. The second kappa shape index (κ2) is 8.95. The van der Waals surface area contributed by atoms with Crippen LogP contribution in [0.25, 0.3) is 0 Å². The molecule has 0 amide bonds. The average Bonchev–Trinajstić information content (AvgIpc) is 2.99. The summed E-state index contributed by atoms with van der Waals surface area (Å²) in [6.45, 7) is 8.14. The topological polar surface area (TPSA) is 75.4 Å². The molecule has 1 N–H and O–H groups in total. The van der Waals surface area contributed by atoms with Crippen LogP contribution in [-0.4, -0.2) is 52.4 Å². The highest BCUT2D eigenvalue weighted by Gasteiger charge is 2.28. The molecule has 6 nitrogen and oxygen atoms in total.